The molecule has 0 aliphatic heterocycles. The van der Waals surface area contributed by atoms with E-state index >= 15 is 0 Å². The van der Waals surface area contributed by atoms with E-state index in [4.69, 9.17) is 16.3 Å². The van der Waals surface area contributed by atoms with Gasteiger partial charge in [-0.25, -0.2) is 4.39 Å². The van der Waals surface area contributed by atoms with Gasteiger partial charge in [0.1, 0.15) is 17.3 Å². The molecule has 3 heteroatoms. The van der Waals surface area contributed by atoms with Crippen molar-refractivity contribution in [1.82, 2.24) is 0 Å². The second-order valence-corrected chi connectivity index (χ2v) is 4.02. The Morgan fingerprint density at radius 2 is 1.94 bits per heavy atom. The third-order valence-corrected chi connectivity index (χ3v) is 2.76. The van der Waals surface area contributed by atoms with Crippen LogP contribution in [0, 0.1) is 12.7 Å². The summed E-state index contributed by atoms with van der Waals surface area (Å²) in [7, 11) is 0. The molecule has 0 unspecified atom stereocenters. The molecule has 0 heterocycles. The molecule has 2 rings (SSSR count). The summed E-state index contributed by atoms with van der Waals surface area (Å²) in [5, 5.41) is 0. The van der Waals surface area contributed by atoms with E-state index in [9.17, 15) is 4.39 Å². The van der Waals surface area contributed by atoms with E-state index in [0.717, 1.165) is 5.56 Å². The number of hydrogen-bond acceptors (Lipinski definition) is 1. The number of alkyl halides is 1. The van der Waals surface area contributed by atoms with Crippen LogP contribution in [0.5, 0.6) is 11.5 Å². The van der Waals surface area contributed by atoms with E-state index < -0.39 is 0 Å². The monoisotopic (exact) mass is 250 g/mol. The van der Waals surface area contributed by atoms with Crippen LogP contribution in [-0.2, 0) is 5.88 Å². The fraction of sp³-hybridized carbons (Fsp3) is 0.143. The van der Waals surface area contributed by atoms with Crippen molar-refractivity contribution < 1.29 is 9.13 Å². The highest BCUT2D eigenvalue weighted by atomic mass is 35.5. The summed E-state index contributed by atoms with van der Waals surface area (Å²) in [5.74, 6) is 1.47. The molecule has 0 spiro atoms. The Balaban J connectivity index is 2.28. The SMILES string of the molecule is Cc1cc(Oc2ccccc2CCl)ccc1F. The molecule has 88 valence electrons. The zero-order valence-electron chi connectivity index (χ0n) is 9.41. The molecule has 0 aromatic heterocycles. The Labute approximate surface area is 105 Å². The van der Waals surface area contributed by atoms with E-state index in [1.807, 2.05) is 24.3 Å². The van der Waals surface area contributed by atoms with Gasteiger partial charge in [-0.2, -0.15) is 0 Å². The maximum atomic E-state index is 13.1. The zero-order chi connectivity index (χ0) is 12.3. The van der Waals surface area contributed by atoms with Crippen molar-refractivity contribution in [2.24, 2.45) is 0 Å². The lowest BCUT2D eigenvalue weighted by Gasteiger charge is -2.10. The Morgan fingerprint density at radius 3 is 2.65 bits per heavy atom. The number of rotatable bonds is 3. The molecule has 0 aliphatic rings. The molecule has 0 amide bonds. The van der Waals surface area contributed by atoms with Gasteiger partial charge in [0.25, 0.3) is 0 Å². The maximum absolute atomic E-state index is 13.1. The predicted molar refractivity (Wildman–Crippen MR) is 67.2 cm³/mol. The molecular weight excluding hydrogens is 239 g/mol. The van der Waals surface area contributed by atoms with E-state index in [1.54, 1.807) is 19.1 Å². The minimum Gasteiger partial charge on any atom is -0.457 e. The molecule has 1 nitrogen and oxygen atoms in total. The first-order valence-electron chi connectivity index (χ1n) is 5.28. The van der Waals surface area contributed by atoms with Crippen LogP contribution >= 0.6 is 11.6 Å². The van der Waals surface area contributed by atoms with Gasteiger partial charge in [0, 0.05) is 5.56 Å². The first-order chi connectivity index (χ1) is 8.20. The molecule has 17 heavy (non-hydrogen) atoms. The lowest BCUT2D eigenvalue weighted by atomic mass is 10.2. The van der Waals surface area contributed by atoms with Gasteiger partial charge < -0.3 is 4.74 Å². The molecule has 0 bridgehead atoms. The summed E-state index contributed by atoms with van der Waals surface area (Å²) in [6.45, 7) is 1.70. The molecule has 0 aliphatic carbocycles. The third-order valence-electron chi connectivity index (χ3n) is 2.47. The average molecular weight is 251 g/mol. The minimum atomic E-state index is -0.233. The quantitative estimate of drug-likeness (QED) is 0.720. The fourth-order valence-electron chi connectivity index (χ4n) is 1.52. The highest BCUT2D eigenvalue weighted by Crippen LogP contribution is 2.27. The third kappa shape index (κ3) is 2.77. The van der Waals surface area contributed by atoms with Gasteiger partial charge in [0.05, 0.1) is 5.88 Å². The largest absolute Gasteiger partial charge is 0.457 e. The van der Waals surface area contributed by atoms with Crippen LogP contribution in [0.15, 0.2) is 42.5 Å². The number of aryl methyl sites for hydroxylation is 1. The van der Waals surface area contributed by atoms with E-state index in [0.29, 0.717) is 22.9 Å². The van der Waals surface area contributed by atoms with Crippen molar-refractivity contribution in [1.29, 1.82) is 0 Å². The first-order valence-corrected chi connectivity index (χ1v) is 5.82. The lowest BCUT2D eigenvalue weighted by molar-refractivity contribution is 0.475. The van der Waals surface area contributed by atoms with E-state index in [2.05, 4.69) is 0 Å². The van der Waals surface area contributed by atoms with Crippen molar-refractivity contribution in [2.45, 2.75) is 12.8 Å². The molecule has 0 saturated carbocycles. The topological polar surface area (TPSA) is 9.23 Å². The minimum absolute atomic E-state index is 0.233. The van der Waals surface area contributed by atoms with Crippen LogP contribution in [-0.4, -0.2) is 0 Å². The molecule has 0 atom stereocenters. The number of ether oxygens (including phenoxy) is 1. The van der Waals surface area contributed by atoms with Crippen LogP contribution in [0.4, 0.5) is 4.39 Å². The maximum Gasteiger partial charge on any atom is 0.131 e. The summed E-state index contributed by atoms with van der Waals surface area (Å²) in [6, 6.07) is 12.2. The highest BCUT2D eigenvalue weighted by Gasteiger charge is 2.04. The van der Waals surface area contributed by atoms with Gasteiger partial charge >= 0.3 is 0 Å². The second-order valence-electron chi connectivity index (χ2n) is 3.75. The Hall–Kier alpha value is -1.54. The molecule has 0 N–H and O–H groups in total. The number of benzene rings is 2. The summed E-state index contributed by atoms with van der Waals surface area (Å²) < 4.78 is 18.8. The number of halogens is 2. The molecule has 0 saturated heterocycles. The van der Waals surface area contributed by atoms with Crippen LogP contribution in [0.3, 0.4) is 0 Å². The van der Waals surface area contributed by atoms with Crippen LogP contribution in [0.25, 0.3) is 0 Å². The van der Waals surface area contributed by atoms with Gasteiger partial charge in [-0.1, -0.05) is 18.2 Å². The normalized spacial score (nSPS) is 10.3. The molecule has 2 aromatic rings. The van der Waals surface area contributed by atoms with Crippen LogP contribution in [0.2, 0.25) is 0 Å². The van der Waals surface area contributed by atoms with Crippen LogP contribution in [0.1, 0.15) is 11.1 Å². The van der Waals surface area contributed by atoms with Crippen molar-refractivity contribution in [3.8, 4) is 11.5 Å². The second kappa shape index (κ2) is 5.19. The standard InChI is InChI=1S/C14H12ClFO/c1-10-8-12(6-7-13(10)16)17-14-5-3-2-4-11(14)9-15/h2-8H,9H2,1H3. The summed E-state index contributed by atoms with van der Waals surface area (Å²) in [6.07, 6.45) is 0. The van der Waals surface area contributed by atoms with Crippen LogP contribution < -0.4 is 4.74 Å². The lowest BCUT2D eigenvalue weighted by Crippen LogP contribution is -1.90. The molecule has 0 radical (unpaired) electrons. The fourth-order valence-corrected chi connectivity index (χ4v) is 1.74. The molecule has 2 aromatic carbocycles. The van der Waals surface area contributed by atoms with Gasteiger partial charge in [-0.15, -0.1) is 11.6 Å². The zero-order valence-corrected chi connectivity index (χ0v) is 10.2. The van der Waals surface area contributed by atoms with Gasteiger partial charge in [0.15, 0.2) is 0 Å². The van der Waals surface area contributed by atoms with Gasteiger partial charge in [-0.05, 0) is 36.8 Å². The van der Waals surface area contributed by atoms with Crippen molar-refractivity contribution in [3.63, 3.8) is 0 Å². The summed E-state index contributed by atoms with van der Waals surface area (Å²) in [5.41, 5.74) is 1.47. The Bertz CT molecular complexity index is 525. The predicted octanol–water partition coefficient (Wildman–Crippen LogP) is 4.67. The smallest absolute Gasteiger partial charge is 0.131 e. The van der Waals surface area contributed by atoms with E-state index in [1.165, 1.54) is 6.07 Å². The molecule has 0 fully saturated rings. The Kier molecular flexibility index (Phi) is 3.64. The molecular formula is C14H12ClFO. The van der Waals surface area contributed by atoms with Crippen molar-refractivity contribution in [2.75, 3.05) is 0 Å². The van der Waals surface area contributed by atoms with Gasteiger partial charge in [0.2, 0.25) is 0 Å². The highest BCUT2D eigenvalue weighted by molar-refractivity contribution is 6.17. The summed E-state index contributed by atoms with van der Waals surface area (Å²) >= 11 is 5.81. The number of para-hydroxylation sites is 1. The number of hydrogen-bond donors (Lipinski definition) is 0. The summed E-state index contributed by atoms with van der Waals surface area (Å²) in [4.78, 5) is 0. The van der Waals surface area contributed by atoms with E-state index in [-0.39, 0.29) is 5.82 Å². The first kappa shape index (κ1) is 11.9. The average Bonchev–Trinajstić information content (AvgIpc) is 2.34. The van der Waals surface area contributed by atoms with Gasteiger partial charge in [-0.3, -0.25) is 0 Å². The van der Waals surface area contributed by atoms with Crippen molar-refractivity contribution >= 4 is 11.6 Å². The van der Waals surface area contributed by atoms with Crippen molar-refractivity contribution in [3.05, 3.63) is 59.4 Å². The Morgan fingerprint density at radius 1 is 1.18 bits per heavy atom.